The summed E-state index contributed by atoms with van der Waals surface area (Å²) < 4.78 is 0.208. The first kappa shape index (κ1) is 17.7. The van der Waals surface area contributed by atoms with Gasteiger partial charge in [-0.3, -0.25) is 9.69 Å². The Balaban J connectivity index is 1.98. The molecule has 1 aliphatic heterocycles. The van der Waals surface area contributed by atoms with Crippen molar-refractivity contribution < 1.29 is 14.7 Å². The summed E-state index contributed by atoms with van der Waals surface area (Å²) >= 11 is 12.5. The van der Waals surface area contributed by atoms with Crippen LogP contribution in [0.2, 0.25) is 5.02 Å². The summed E-state index contributed by atoms with van der Waals surface area (Å²) in [5.41, 5.74) is 1.17. The van der Waals surface area contributed by atoms with Gasteiger partial charge in [-0.25, -0.2) is 4.79 Å². The van der Waals surface area contributed by atoms with E-state index in [1.165, 1.54) is 0 Å². The number of halogens is 1. The van der Waals surface area contributed by atoms with Gasteiger partial charge in [0, 0.05) is 5.02 Å². The molecule has 2 aromatic carbocycles. The van der Waals surface area contributed by atoms with E-state index >= 15 is 0 Å². The van der Waals surface area contributed by atoms with Crippen LogP contribution in [0.1, 0.15) is 17.2 Å². The Morgan fingerprint density at radius 3 is 2.44 bits per heavy atom. The molecule has 1 atom stereocenters. The van der Waals surface area contributed by atoms with E-state index in [1.807, 2.05) is 6.07 Å². The zero-order valence-corrected chi connectivity index (χ0v) is 15.1. The summed E-state index contributed by atoms with van der Waals surface area (Å²) in [6, 6.07) is 14.5. The Bertz CT molecular complexity index is 883. The van der Waals surface area contributed by atoms with Crippen molar-refractivity contribution in [1.82, 2.24) is 4.90 Å². The lowest BCUT2D eigenvalue weighted by molar-refractivity contribution is -0.145. The van der Waals surface area contributed by atoms with Crippen LogP contribution in [-0.4, -0.2) is 26.2 Å². The maximum atomic E-state index is 12.8. The van der Waals surface area contributed by atoms with Gasteiger partial charge in [0.1, 0.15) is 4.32 Å². The van der Waals surface area contributed by atoms with Gasteiger partial charge >= 0.3 is 5.97 Å². The number of thiocarbonyl (C=S) groups is 1. The number of hydrogen-bond acceptors (Lipinski definition) is 4. The van der Waals surface area contributed by atoms with Crippen molar-refractivity contribution in [1.29, 1.82) is 0 Å². The Labute approximate surface area is 159 Å². The van der Waals surface area contributed by atoms with Gasteiger partial charge in [-0.05, 0) is 23.3 Å². The third-order valence-corrected chi connectivity index (χ3v) is 5.30. The molecule has 1 fully saturated rings. The van der Waals surface area contributed by atoms with Crippen molar-refractivity contribution in [2.75, 3.05) is 0 Å². The fourth-order valence-corrected chi connectivity index (χ4v) is 3.97. The molecule has 25 heavy (non-hydrogen) atoms. The van der Waals surface area contributed by atoms with Gasteiger partial charge in [-0.1, -0.05) is 84.1 Å². The van der Waals surface area contributed by atoms with Gasteiger partial charge < -0.3 is 5.11 Å². The molecule has 0 aromatic heterocycles. The van der Waals surface area contributed by atoms with Crippen molar-refractivity contribution in [3.63, 3.8) is 0 Å². The first-order chi connectivity index (χ1) is 12.0. The highest BCUT2D eigenvalue weighted by molar-refractivity contribution is 8.26. The van der Waals surface area contributed by atoms with Crippen LogP contribution in [0.25, 0.3) is 6.08 Å². The molecule has 3 rings (SSSR count). The van der Waals surface area contributed by atoms with Crippen molar-refractivity contribution >= 4 is 57.9 Å². The normalized spacial score (nSPS) is 17.2. The summed E-state index contributed by atoms with van der Waals surface area (Å²) in [6.45, 7) is 0. The van der Waals surface area contributed by atoms with E-state index < -0.39 is 17.9 Å². The highest BCUT2D eigenvalue weighted by Gasteiger charge is 2.41. The number of carboxylic acid groups (broad SMARTS) is 1. The zero-order valence-electron chi connectivity index (χ0n) is 12.8. The van der Waals surface area contributed by atoms with Gasteiger partial charge in [0.2, 0.25) is 0 Å². The number of carboxylic acids is 1. The fourth-order valence-electron chi connectivity index (χ4n) is 2.47. The van der Waals surface area contributed by atoms with Crippen LogP contribution >= 0.6 is 35.6 Å². The number of thioether (sulfide) groups is 1. The third-order valence-electron chi connectivity index (χ3n) is 3.62. The molecule has 0 saturated carbocycles. The third kappa shape index (κ3) is 3.61. The van der Waals surface area contributed by atoms with Gasteiger partial charge in [-0.2, -0.15) is 0 Å². The second kappa shape index (κ2) is 7.39. The maximum Gasteiger partial charge on any atom is 0.331 e. The standard InChI is InChI=1S/C18H12ClNO3S2/c19-13-9-5-4-8-12(13)10-14-16(21)20(18(24)25-14)15(17(22)23)11-6-2-1-3-7-11/h1-10,15H,(H,22,23)/b14-10-/t15-/m0/s1. The number of amides is 1. The van der Waals surface area contributed by atoms with E-state index in [9.17, 15) is 14.7 Å². The average Bonchev–Trinajstić information content (AvgIpc) is 2.86. The van der Waals surface area contributed by atoms with Crippen molar-refractivity contribution in [3.8, 4) is 0 Å². The van der Waals surface area contributed by atoms with Crippen molar-refractivity contribution in [2.24, 2.45) is 0 Å². The van der Waals surface area contributed by atoms with Gasteiger partial charge in [0.15, 0.2) is 6.04 Å². The summed E-state index contributed by atoms with van der Waals surface area (Å²) in [6.07, 6.45) is 1.63. The first-order valence-electron chi connectivity index (χ1n) is 7.28. The summed E-state index contributed by atoms with van der Waals surface area (Å²) in [5, 5.41) is 10.1. The molecular weight excluding hydrogens is 378 g/mol. The number of nitrogens with zero attached hydrogens (tertiary/aromatic N) is 1. The molecule has 0 bridgehead atoms. The highest BCUT2D eigenvalue weighted by Crippen LogP contribution is 2.38. The Kier molecular flexibility index (Phi) is 5.22. The van der Waals surface area contributed by atoms with Crippen LogP contribution < -0.4 is 0 Å². The van der Waals surface area contributed by atoms with Crippen LogP contribution in [0.3, 0.4) is 0 Å². The molecule has 1 N–H and O–H groups in total. The van der Waals surface area contributed by atoms with E-state index in [-0.39, 0.29) is 4.32 Å². The minimum Gasteiger partial charge on any atom is -0.479 e. The van der Waals surface area contributed by atoms with E-state index in [4.69, 9.17) is 23.8 Å². The smallest absolute Gasteiger partial charge is 0.331 e. The number of carbonyl (C=O) groups excluding carboxylic acids is 1. The minimum atomic E-state index is -1.16. The first-order valence-corrected chi connectivity index (χ1v) is 8.88. The Morgan fingerprint density at radius 1 is 1.16 bits per heavy atom. The monoisotopic (exact) mass is 389 g/mol. The molecule has 1 amide bonds. The van der Waals surface area contributed by atoms with Crippen LogP contribution in [-0.2, 0) is 9.59 Å². The Hall–Kier alpha value is -2.15. The quantitative estimate of drug-likeness (QED) is 0.621. The van der Waals surface area contributed by atoms with E-state index in [0.29, 0.717) is 21.1 Å². The molecule has 0 spiro atoms. The van der Waals surface area contributed by atoms with Gasteiger partial charge in [0.25, 0.3) is 5.91 Å². The van der Waals surface area contributed by atoms with Crippen LogP contribution in [0.4, 0.5) is 0 Å². The highest BCUT2D eigenvalue weighted by atomic mass is 35.5. The topological polar surface area (TPSA) is 57.6 Å². The average molecular weight is 390 g/mol. The molecule has 0 radical (unpaired) electrons. The van der Waals surface area contributed by atoms with Gasteiger partial charge in [0.05, 0.1) is 4.91 Å². The molecular formula is C18H12ClNO3S2. The van der Waals surface area contributed by atoms with Crippen LogP contribution in [0.5, 0.6) is 0 Å². The number of carbonyl (C=O) groups is 2. The summed E-state index contributed by atoms with van der Waals surface area (Å²) in [7, 11) is 0. The predicted octanol–water partition coefficient (Wildman–Crippen LogP) is 4.37. The molecule has 0 aliphatic carbocycles. The van der Waals surface area contributed by atoms with Crippen molar-refractivity contribution in [3.05, 3.63) is 75.7 Å². The largest absolute Gasteiger partial charge is 0.479 e. The number of rotatable bonds is 4. The Morgan fingerprint density at radius 2 is 1.80 bits per heavy atom. The molecule has 4 nitrogen and oxygen atoms in total. The number of aliphatic carboxylic acids is 1. The lowest BCUT2D eigenvalue weighted by Crippen LogP contribution is -2.37. The predicted molar refractivity (Wildman–Crippen MR) is 103 cm³/mol. The van der Waals surface area contributed by atoms with Crippen LogP contribution in [0.15, 0.2) is 59.5 Å². The molecule has 7 heteroatoms. The molecule has 2 aromatic rings. The maximum absolute atomic E-state index is 12.8. The SMILES string of the molecule is O=C(O)[C@H](c1ccccc1)N1C(=O)/C(=C/c2ccccc2Cl)SC1=S. The molecule has 1 aliphatic rings. The van der Waals surface area contributed by atoms with E-state index in [1.54, 1.807) is 54.6 Å². The fraction of sp³-hybridized carbons (Fsp3) is 0.0556. The van der Waals surface area contributed by atoms with Crippen molar-refractivity contribution in [2.45, 2.75) is 6.04 Å². The second-order valence-corrected chi connectivity index (χ2v) is 7.31. The molecule has 126 valence electrons. The van der Waals surface area contributed by atoms with Gasteiger partial charge in [-0.15, -0.1) is 0 Å². The zero-order chi connectivity index (χ0) is 18.0. The minimum absolute atomic E-state index is 0.208. The van der Waals surface area contributed by atoms with E-state index in [0.717, 1.165) is 16.7 Å². The number of benzene rings is 2. The molecule has 1 heterocycles. The number of hydrogen-bond donors (Lipinski definition) is 1. The molecule has 1 saturated heterocycles. The second-order valence-electron chi connectivity index (χ2n) is 5.22. The molecule has 0 unspecified atom stereocenters. The summed E-state index contributed by atoms with van der Waals surface area (Å²) in [4.78, 5) is 26.1. The van der Waals surface area contributed by atoms with Crippen LogP contribution in [0, 0.1) is 0 Å². The lowest BCUT2D eigenvalue weighted by Gasteiger charge is -2.23. The lowest BCUT2D eigenvalue weighted by atomic mass is 10.1. The van der Waals surface area contributed by atoms with E-state index in [2.05, 4.69) is 0 Å². The summed E-state index contributed by atoms with van der Waals surface area (Å²) in [5.74, 6) is -1.58.